The molecule has 0 aliphatic rings. The summed E-state index contributed by atoms with van der Waals surface area (Å²) in [5.41, 5.74) is 0.293. The molecule has 0 fully saturated rings. The van der Waals surface area contributed by atoms with Crippen LogP contribution in [0.4, 0.5) is 8.78 Å². The minimum atomic E-state index is -2.89. The Labute approximate surface area is 130 Å². The summed E-state index contributed by atoms with van der Waals surface area (Å²) in [5.74, 6) is -0.127. The average Bonchev–Trinajstić information content (AvgIpc) is 2.46. The first-order valence-electron chi connectivity index (χ1n) is 6.79. The van der Waals surface area contributed by atoms with E-state index < -0.39 is 24.1 Å². The Morgan fingerprint density at radius 2 is 1.96 bits per heavy atom. The van der Waals surface area contributed by atoms with E-state index in [1.54, 1.807) is 26.0 Å². The Kier molecular flexibility index (Phi) is 5.05. The van der Waals surface area contributed by atoms with E-state index in [-0.39, 0.29) is 11.4 Å². The largest absolute Gasteiger partial charge is 0.435 e. The maximum Gasteiger partial charge on any atom is 0.387 e. The number of ether oxygens (including phenoxy) is 1. The van der Waals surface area contributed by atoms with Gasteiger partial charge in [-0.15, -0.1) is 0 Å². The smallest absolute Gasteiger partial charge is 0.387 e. The van der Waals surface area contributed by atoms with E-state index in [2.05, 4.69) is 20.0 Å². The number of amides is 1. The molecule has 0 spiro atoms. The van der Waals surface area contributed by atoms with Gasteiger partial charge in [0.2, 0.25) is 0 Å². The van der Waals surface area contributed by atoms with Gasteiger partial charge in [-0.05, 0) is 31.5 Å². The third kappa shape index (κ3) is 4.60. The van der Waals surface area contributed by atoms with Gasteiger partial charge >= 0.3 is 6.61 Å². The molecular formula is C15H15F2N3O3. The fourth-order valence-electron chi connectivity index (χ4n) is 1.99. The second-order valence-corrected chi connectivity index (χ2v) is 4.86. The lowest BCUT2D eigenvalue weighted by Gasteiger charge is -2.14. The van der Waals surface area contributed by atoms with Crippen molar-refractivity contribution in [2.24, 2.45) is 0 Å². The highest BCUT2D eigenvalue weighted by atomic mass is 19.3. The van der Waals surface area contributed by atoms with Crippen LogP contribution in [-0.4, -0.2) is 22.5 Å². The molecule has 0 bridgehead atoms. The highest BCUT2D eigenvalue weighted by molar-refractivity contribution is 5.92. The third-order valence-corrected chi connectivity index (χ3v) is 3.05. The van der Waals surface area contributed by atoms with E-state index >= 15 is 0 Å². The summed E-state index contributed by atoms with van der Waals surface area (Å²) in [5, 5.41) is 2.68. The van der Waals surface area contributed by atoms with Crippen LogP contribution in [0.5, 0.6) is 5.75 Å². The number of H-pyrrole nitrogens is 1. The Morgan fingerprint density at radius 3 is 2.52 bits per heavy atom. The lowest BCUT2D eigenvalue weighted by Crippen LogP contribution is -2.29. The summed E-state index contributed by atoms with van der Waals surface area (Å²) in [6, 6.07) is 6.62. The van der Waals surface area contributed by atoms with Crippen LogP contribution in [0.2, 0.25) is 0 Å². The Balaban J connectivity index is 2.07. The molecule has 1 aromatic carbocycles. The molecule has 6 nitrogen and oxygen atoms in total. The van der Waals surface area contributed by atoms with Gasteiger partial charge in [0.15, 0.2) is 0 Å². The molecule has 1 amide bonds. The molecule has 0 aliphatic carbocycles. The normalized spacial score (nSPS) is 12.0. The maximum atomic E-state index is 12.1. The van der Waals surface area contributed by atoms with Crippen molar-refractivity contribution in [3.8, 4) is 5.75 Å². The molecule has 122 valence electrons. The van der Waals surface area contributed by atoms with Gasteiger partial charge in [-0.1, -0.05) is 12.1 Å². The molecule has 0 unspecified atom stereocenters. The van der Waals surface area contributed by atoms with E-state index in [0.717, 1.165) is 6.07 Å². The van der Waals surface area contributed by atoms with Gasteiger partial charge in [-0.25, -0.2) is 4.98 Å². The molecule has 2 aromatic rings. The fourth-order valence-corrected chi connectivity index (χ4v) is 1.99. The van der Waals surface area contributed by atoms with Gasteiger partial charge in [0.1, 0.15) is 17.3 Å². The monoisotopic (exact) mass is 323 g/mol. The van der Waals surface area contributed by atoms with Crippen molar-refractivity contribution in [3.05, 3.63) is 57.8 Å². The standard InChI is InChI=1S/C15H15F2N3O3/c1-8(10-3-5-11(6-4-10)23-15(16)17)18-14(22)12-7-13(21)20-9(2)19-12/h3-8,15H,1-2H3,(H,18,22)(H,19,20,21)/t8-/m1/s1. The number of nitrogens with zero attached hydrogens (tertiary/aromatic N) is 1. The SMILES string of the molecule is Cc1nc(C(=O)N[C@H](C)c2ccc(OC(F)F)cc2)cc(=O)[nH]1. The molecule has 23 heavy (non-hydrogen) atoms. The number of benzene rings is 1. The lowest BCUT2D eigenvalue weighted by atomic mass is 10.1. The van der Waals surface area contributed by atoms with E-state index in [1.807, 2.05) is 0 Å². The molecule has 1 atom stereocenters. The summed E-state index contributed by atoms with van der Waals surface area (Å²) in [7, 11) is 0. The first kappa shape index (κ1) is 16.6. The average molecular weight is 323 g/mol. The van der Waals surface area contributed by atoms with Crippen molar-refractivity contribution in [2.75, 3.05) is 0 Å². The second-order valence-electron chi connectivity index (χ2n) is 4.86. The zero-order valence-electron chi connectivity index (χ0n) is 12.5. The molecule has 0 aliphatic heterocycles. The fraction of sp³-hybridized carbons (Fsp3) is 0.267. The number of hydrogen-bond acceptors (Lipinski definition) is 4. The lowest BCUT2D eigenvalue weighted by molar-refractivity contribution is -0.0498. The molecular weight excluding hydrogens is 308 g/mol. The summed E-state index contributed by atoms with van der Waals surface area (Å²) >= 11 is 0. The topological polar surface area (TPSA) is 84.1 Å². The highest BCUT2D eigenvalue weighted by Gasteiger charge is 2.14. The predicted octanol–water partition coefficient (Wildman–Crippen LogP) is 2.17. The van der Waals surface area contributed by atoms with Gasteiger partial charge in [-0.2, -0.15) is 8.78 Å². The van der Waals surface area contributed by atoms with E-state index in [0.29, 0.717) is 11.4 Å². The van der Waals surface area contributed by atoms with Crippen LogP contribution in [0, 0.1) is 6.92 Å². The second kappa shape index (κ2) is 6.99. The minimum Gasteiger partial charge on any atom is -0.435 e. The molecule has 0 saturated heterocycles. The van der Waals surface area contributed by atoms with Crippen LogP contribution in [0.1, 0.15) is 34.8 Å². The number of rotatable bonds is 5. The Bertz CT molecular complexity index is 744. The van der Waals surface area contributed by atoms with Gasteiger partial charge in [0.25, 0.3) is 11.5 Å². The Hall–Kier alpha value is -2.77. The summed E-state index contributed by atoms with van der Waals surface area (Å²) in [6.45, 7) is 0.410. The first-order valence-corrected chi connectivity index (χ1v) is 6.79. The highest BCUT2D eigenvalue weighted by Crippen LogP contribution is 2.19. The van der Waals surface area contributed by atoms with Crippen molar-refractivity contribution in [2.45, 2.75) is 26.5 Å². The zero-order valence-corrected chi connectivity index (χ0v) is 12.5. The van der Waals surface area contributed by atoms with Gasteiger partial charge in [0.05, 0.1) is 6.04 Å². The number of alkyl halides is 2. The number of nitrogens with one attached hydrogen (secondary N) is 2. The van der Waals surface area contributed by atoms with Crippen LogP contribution in [0.15, 0.2) is 35.1 Å². The number of carbonyl (C=O) groups is 1. The van der Waals surface area contributed by atoms with E-state index in [1.165, 1.54) is 12.1 Å². The van der Waals surface area contributed by atoms with E-state index in [9.17, 15) is 18.4 Å². The molecule has 2 rings (SSSR count). The number of hydrogen-bond donors (Lipinski definition) is 2. The number of aryl methyl sites for hydroxylation is 1. The zero-order chi connectivity index (χ0) is 17.0. The van der Waals surface area contributed by atoms with E-state index in [4.69, 9.17) is 0 Å². The van der Waals surface area contributed by atoms with Gasteiger partial charge < -0.3 is 15.0 Å². The quantitative estimate of drug-likeness (QED) is 0.883. The van der Waals surface area contributed by atoms with Crippen LogP contribution in [-0.2, 0) is 0 Å². The number of aromatic nitrogens is 2. The van der Waals surface area contributed by atoms with Crippen LogP contribution < -0.4 is 15.6 Å². The van der Waals surface area contributed by atoms with Crippen molar-refractivity contribution < 1.29 is 18.3 Å². The molecule has 1 aromatic heterocycles. The van der Waals surface area contributed by atoms with Crippen molar-refractivity contribution in [1.29, 1.82) is 0 Å². The van der Waals surface area contributed by atoms with Crippen LogP contribution in [0.25, 0.3) is 0 Å². The molecule has 0 radical (unpaired) electrons. The van der Waals surface area contributed by atoms with Crippen LogP contribution in [0.3, 0.4) is 0 Å². The predicted molar refractivity (Wildman–Crippen MR) is 78.5 cm³/mol. The molecule has 0 saturated carbocycles. The number of halogens is 2. The Morgan fingerprint density at radius 1 is 1.30 bits per heavy atom. The van der Waals surface area contributed by atoms with Crippen molar-refractivity contribution in [1.82, 2.24) is 15.3 Å². The summed E-state index contributed by atoms with van der Waals surface area (Å²) < 4.78 is 28.4. The molecule has 2 N–H and O–H groups in total. The van der Waals surface area contributed by atoms with Gasteiger partial charge in [0, 0.05) is 6.07 Å². The maximum absolute atomic E-state index is 12.1. The first-order chi connectivity index (χ1) is 10.8. The van der Waals surface area contributed by atoms with Crippen LogP contribution >= 0.6 is 0 Å². The number of carbonyl (C=O) groups excluding carboxylic acids is 1. The van der Waals surface area contributed by atoms with Crippen molar-refractivity contribution in [3.63, 3.8) is 0 Å². The van der Waals surface area contributed by atoms with Crippen molar-refractivity contribution >= 4 is 5.91 Å². The molecule has 8 heteroatoms. The summed E-state index contributed by atoms with van der Waals surface area (Å²) in [6.07, 6.45) is 0. The minimum absolute atomic E-state index is 0.00996. The van der Waals surface area contributed by atoms with Gasteiger partial charge in [-0.3, -0.25) is 9.59 Å². The third-order valence-electron chi connectivity index (χ3n) is 3.05. The summed E-state index contributed by atoms with van der Waals surface area (Å²) in [4.78, 5) is 29.8. The number of aromatic amines is 1. The molecule has 1 heterocycles.